The zero-order chi connectivity index (χ0) is 14.4. The lowest BCUT2D eigenvalue weighted by Crippen LogP contribution is -2.33. The number of rotatable bonds is 1. The minimum Gasteiger partial charge on any atom is -0.361 e. The predicted molar refractivity (Wildman–Crippen MR) is 87.9 cm³/mol. The molecule has 0 amide bonds. The van der Waals surface area contributed by atoms with Crippen LogP contribution in [0.5, 0.6) is 0 Å². The highest BCUT2D eigenvalue weighted by Crippen LogP contribution is 2.39. The van der Waals surface area contributed by atoms with Gasteiger partial charge in [-0.3, -0.25) is 0 Å². The van der Waals surface area contributed by atoms with Gasteiger partial charge < -0.3 is 10.7 Å². The van der Waals surface area contributed by atoms with Gasteiger partial charge in [0, 0.05) is 34.1 Å². The van der Waals surface area contributed by atoms with E-state index in [4.69, 9.17) is 17.3 Å². The van der Waals surface area contributed by atoms with Gasteiger partial charge in [-0.25, -0.2) is 0 Å². The minimum atomic E-state index is 0.151. The average molecular weight is 297 g/mol. The number of fused-ring (bicyclic) bond motifs is 2. The number of benzene rings is 2. The number of aromatic nitrogens is 1. The Hall–Kier alpha value is -1.77. The third kappa shape index (κ3) is 2.06. The Kier molecular flexibility index (Phi) is 3.02. The number of halogens is 1. The number of aromatic amines is 1. The summed E-state index contributed by atoms with van der Waals surface area (Å²) in [6, 6.07) is 14.8. The van der Waals surface area contributed by atoms with Crippen LogP contribution in [0.4, 0.5) is 0 Å². The molecule has 0 unspecified atom stereocenters. The summed E-state index contributed by atoms with van der Waals surface area (Å²) in [5.41, 5.74) is 11.6. The summed E-state index contributed by atoms with van der Waals surface area (Å²) in [6.07, 6.45) is 4.18. The Balaban J connectivity index is 1.93. The molecule has 2 nitrogen and oxygen atoms in total. The summed E-state index contributed by atoms with van der Waals surface area (Å²) in [5.74, 6) is 0.238. The summed E-state index contributed by atoms with van der Waals surface area (Å²) < 4.78 is 0. The fraction of sp³-hybridized carbons (Fsp3) is 0.222. The highest BCUT2D eigenvalue weighted by molar-refractivity contribution is 6.31. The molecule has 0 bridgehead atoms. The summed E-state index contributed by atoms with van der Waals surface area (Å²) >= 11 is 6.18. The van der Waals surface area contributed by atoms with Crippen molar-refractivity contribution in [3.05, 3.63) is 70.4 Å². The number of nitrogens with one attached hydrogen (secondary N) is 1. The second kappa shape index (κ2) is 4.90. The molecule has 1 heterocycles. The van der Waals surface area contributed by atoms with E-state index in [1.807, 2.05) is 18.2 Å². The topological polar surface area (TPSA) is 41.8 Å². The van der Waals surface area contributed by atoms with E-state index >= 15 is 0 Å². The molecule has 3 heteroatoms. The van der Waals surface area contributed by atoms with Crippen LogP contribution in [0.15, 0.2) is 48.7 Å². The predicted octanol–water partition coefficient (Wildman–Crippen LogP) is 4.23. The largest absolute Gasteiger partial charge is 0.361 e. The molecule has 1 aliphatic carbocycles. The second-order valence-electron chi connectivity index (χ2n) is 5.81. The Morgan fingerprint density at radius 1 is 1.10 bits per heavy atom. The molecular formula is C18H17ClN2. The third-order valence-electron chi connectivity index (χ3n) is 4.58. The van der Waals surface area contributed by atoms with Crippen LogP contribution < -0.4 is 5.73 Å². The van der Waals surface area contributed by atoms with Crippen LogP contribution in [0.2, 0.25) is 5.02 Å². The lowest BCUT2D eigenvalue weighted by Gasteiger charge is -2.31. The first-order valence-corrected chi connectivity index (χ1v) is 7.72. The Labute approximate surface area is 128 Å². The third-order valence-corrected chi connectivity index (χ3v) is 4.81. The van der Waals surface area contributed by atoms with Crippen LogP contribution in [0, 0.1) is 0 Å². The van der Waals surface area contributed by atoms with E-state index in [0.717, 1.165) is 23.4 Å². The molecule has 0 spiro atoms. The summed E-state index contributed by atoms with van der Waals surface area (Å²) in [5, 5.41) is 1.95. The SMILES string of the molecule is N[C@H]1CCc2ccccc2[C@@H]1c1c[nH]c2ccc(Cl)cc12. The summed E-state index contributed by atoms with van der Waals surface area (Å²) in [4.78, 5) is 3.35. The van der Waals surface area contributed by atoms with Crippen molar-refractivity contribution in [3.8, 4) is 0 Å². The first-order valence-electron chi connectivity index (χ1n) is 7.34. The number of hydrogen-bond acceptors (Lipinski definition) is 1. The van der Waals surface area contributed by atoms with Crippen molar-refractivity contribution in [1.29, 1.82) is 0 Å². The Morgan fingerprint density at radius 3 is 2.86 bits per heavy atom. The molecule has 1 aliphatic rings. The van der Waals surface area contributed by atoms with Crippen LogP contribution in [0.1, 0.15) is 29.0 Å². The highest BCUT2D eigenvalue weighted by atomic mass is 35.5. The van der Waals surface area contributed by atoms with Gasteiger partial charge in [0.2, 0.25) is 0 Å². The summed E-state index contributed by atoms with van der Waals surface area (Å²) in [6.45, 7) is 0. The molecule has 0 aliphatic heterocycles. The van der Waals surface area contributed by atoms with Gasteiger partial charge in [0.15, 0.2) is 0 Å². The maximum Gasteiger partial charge on any atom is 0.0458 e. The van der Waals surface area contributed by atoms with Crippen molar-refractivity contribution in [2.24, 2.45) is 5.73 Å². The molecule has 2 aromatic carbocycles. The summed E-state index contributed by atoms with van der Waals surface area (Å²) in [7, 11) is 0. The molecule has 3 aromatic rings. The molecule has 0 saturated heterocycles. The standard InChI is InChI=1S/C18H17ClN2/c19-12-6-8-17-14(9-12)15(10-21-17)18-13-4-2-1-3-11(13)5-7-16(18)20/h1-4,6,8-10,16,18,21H,5,7,20H2/t16-,18+/m0/s1. The van der Waals surface area contributed by atoms with Gasteiger partial charge in [-0.05, 0) is 47.7 Å². The maximum absolute atomic E-state index is 6.47. The molecule has 3 N–H and O–H groups in total. The van der Waals surface area contributed by atoms with E-state index in [0.29, 0.717) is 0 Å². The quantitative estimate of drug-likeness (QED) is 0.693. The molecule has 0 saturated carbocycles. The smallest absolute Gasteiger partial charge is 0.0458 e. The van der Waals surface area contributed by atoms with Gasteiger partial charge in [-0.1, -0.05) is 35.9 Å². The average Bonchev–Trinajstić information content (AvgIpc) is 2.90. The molecule has 2 atom stereocenters. The van der Waals surface area contributed by atoms with Crippen LogP contribution in [-0.2, 0) is 6.42 Å². The Bertz CT molecular complexity index is 806. The van der Waals surface area contributed by atoms with Crippen LogP contribution in [-0.4, -0.2) is 11.0 Å². The number of aryl methyl sites for hydroxylation is 1. The van der Waals surface area contributed by atoms with Gasteiger partial charge in [0.1, 0.15) is 0 Å². The van der Waals surface area contributed by atoms with E-state index in [-0.39, 0.29) is 12.0 Å². The Morgan fingerprint density at radius 2 is 1.95 bits per heavy atom. The molecule has 4 rings (SSSR count). The molecule has 0 radical (unpaired) electrons. The van der Waals surface area contributed by atoms with Crippen LogP contribution in [0.25, 0.3) is 10.9 Å². The van der Waals surface area contributed by atoms with Gasteiger partial charge in [-0.2, -0.15) is 0 Å². The maximum atomic E-state index is 6.47. The van der Waals surface area contributed by atoms with Crippen LogP contribution >= 0.6 is 11.6 Å². The normalized spacial score (nSPS) is 21.4. The van der Waals surface area contributed by atoms with Crippen molar-refractivity contribution < 1.29 is 0 Å². The van der Waals surface area contributed by atoms with Crippen LogP contribution in [0.3, 0.4) is 0 Å². The van der Waals surface area contributed by atoms with Crippen molar-refractivity contribution in [3.63, 3.8) is 0 Å². The monoisotopic (exact) mass is 296 g/mol. The second-order valence-corrected chi connectivity index (χ2v) is 6.25. The van der Waals surface area contributed by atoms with E-state index in [2.05, 4.69) is 35.4 Å². The van der Waals surface area contributed by atoms with E-state index in [1.165, 1.54) is 22.1 Å². The first-order chi connectivity index (χ1) is 10.2. The molecular weight excluding hydrogens is 280 g/mol. The van der Waals surface area contributed by atoms with Crippen molar-refractivity contribution >= 4 is 22.5 Å². The van der Waals surface area contributed by atoms with Gasteiger partial charge in [0.25, 0.3) is 0 Å². The lowest BCUT2D eigenvalue weighted by molar-refractivity contribution is 0.520. The zero-order valence-corrected chi connectivity index (χ0v) is 12.4. The van der Waals surface area contributed by atoms with Crippen molar-refractivity contribution in [1.82, 2.24) is 4.98 Å². The molecule has 0 fully saturated rings. The minimum absolute atomic E-state index is 0.151. The van der Waals surface area contributed by atoms with E-state index < -0.39 is 0 Å². The van der Waals surface area contributed by atoms with E-state index in [9.17, 15) is 0 Å². The first kappa shape index (κ1) is 12.9. The highest BCUT2D eigenvalue weighted by Gasteiger charge is 2.29. The van der Waals surface area contributed by atoms with Crippen molar-refractivity contribution in [2.45, 2.75) is 24.8 Å². The van der Waals surface area contributed by atoms with Gasteiger partial charge in [0.05, 0.1) is 0 Å². The number of hydrogen-bond donors (Lipinski definition) is 2. The fourth-order valence-corrected chi connectivity index (χ4v) is 3.73. The number of H-pyrrole nitrogens is 1. The van der Waals surface area contributed by atoms with E-state index in [1.54, 1.807) is 0 Å². The zero-order valence-electron chi connectivity index (χ0n) is 11.6. The van der Waals surface area contributed by atoms with Crippen molar-refractivity contribution in [2.75, 3.05) is 0 Å². The lowest BCUT2D eigenvalue weighted by atomic mass is 9.76. The molecule has 106 valence electrons. The molecule has 1 aromatic heterocycles. The van der Waals surface area contributed by atoms with Gasteiger partial charge >= 0.3 is 0 Å². The van der Waals surface area contributed by atoms with Gasteiger partial charge in [-0.15, -0.1) is 0 Å². The molecule has 21 heavy (non-hydrogen) atoms. The number of nitrogens with two attached hydrogens (primary N) is 1. The fourth-order valence-electron chi connectivity index (χ4n) is 3.55.